The lowest BCUT2D eigenvalue weighted by atomic mass is 10.0. The van der Waals surface area contributed by atoms with Crippen LogP contribution in [0.25, 0.3) is 10.9 Å². The third kappa shape index (κ3) is 3.31. The Balaban J connectivity index is 2.02. The smallest absolute Gasteiger partial charge is 0.341 e. The van der Waals surface area contributed by atoms with Crippen molar-refractivity contribution in [3.8, 4) is 11.5 Å². The molecule has 150 valence electrons. The van der Waals surface area contributed by atoms with Gasteiger partial charge in [-0.1, -0.05) is 29.8 Å². The van der Waals surface area contributed by atoms with Gasteiger partial charge in [-0.05, 0) is 25.5 Å². The summed E-state index contributed by atoms with van der Waals surface area (Å²) in [6, 6.07) is 11.3. The van der Waals surface area contributed by atoms with E-state index in [4.69, 9.17) is 14.2 Å². The van der Waals surface area contributed by atoms with E-state index in [1.165, 1.54) is 0 Å². The van der Waals surface area contributed by atoms with E-state index in [2.05, 4.69) is 0 Å². The maximum atomic E-state index is 12.9. The first kappa shape index (κ1) is 19.3. The van der Waals surface area contributed by atoms with Crippen LogP contribution < -0.4 is 9.47 Å². The van der Waals surface area contributed by atoms with Crippen LogP contribution in [0, 0.1) is 6.92 Å². The van der Waals surface area contributed by atoms with E-state index in [9.17, 15) is 9.00 Å². The fraction of sp³-hybridized carbons (Fsp3) is 0.273. The van der Waals surface area contributed by atoms with E-state index in [0.717, 1.165) is 16.6 Å². The van der Waals surface area contributed by atoms with Crippen molar-refractivity contribution >= 4 is 33.0 Å². The highest BCUT2D eigenvalue weighted by Crippen LogP contribution is 2.38. The van der Waals surface area contributed by atoms with Crippen molar-refractivity contribution in [3.63, 3.8) is 0 Å². The number of hydrogen-bond acceptors (Lipinski definition) is 5. The van der Waals surface area contributed by atoms with E-state index in [1.54, 1.807) is 13.0 Å². The maximum absolute atomic E-state index is 12.9. The number of aromatic nitrogens is 1. The van der Waals surface area contributed by atoms with Gasteiger partial charge in [0.1, 0.15) is 13.2 Å². The van der Waals surface area contributed by atoms with Crippen LogP contribution in [0.3, 0.4) is 0 Å². The highest BCUT2D eigenvalue weighted by molar-refractivity contribution is 7.67. The molecule has 1 aromatic heterocycles. The molecule has 0 saturated carbocycles. The van der Waals surface area contributed by atoms with E-state index < -0.39 is 5.97 Å². The Morgan fingerprint density at radius 1 is 1.14 bits per heavy atom. The van der Waals surface area contributed by atoms with Crippen molar-refractivity contribution in [2.75, 3.05) is 19.8 Å². The molecule has 0 saturated heterocycles. The second kappa shape index (κ2) is 7.75. The van der Waals surface area contributed by atoms with Crippen LogP contribution >= 0.6 is 0 Å². The lowest BCUT2D eigenvalue weighted by Crippen LogP contribution is -2.15. The summed E-state index contributed by atoms with van der Waals surface area (Å²) in [7, 11) is 1.83. The van der Waals surface area contributed by atoms with Crippen LogP contribution in [-0.4, -0.2) is 39.4 Å². The van der Waals surface area contributed by atoms with E-state index >= 15 is 0 Å². The number of benzene rings is 2. The molecule has 7 heteroatoms. The van der Waals surface area contributed by atoms with Gasteiger partial charge in [-0.3, -0.25) is 0 Å². The zero-order chi connectivity index (χ0) is 20.5. The topological polar surface area (TPSA) is 66.8 Å². The lowest BCUT2D eigenvalue weighted by molar-refractivity contribution is 0.0528. The number of carbonyl (C=O) groups excluding carboxylic acids is 1. The molecule has 0 amide bonds. The van der Waals surface area contributed by atoms with Crippen molar-refractivity contribution in [2.24, 2.45) is 7.05 Å². The molecule has 1 aliphatic heterocycles. The minimum absolute atomic E-state index is 0.240. The number of carbonyl (C=O) groups is 1. The number of aryl methyl sites for hydroxylation is 2. The van der Waals surface area contributed by atoms with Gasteiger partial charge in [0.05, 0.1) is 39.5 Å². The molecule has 0 unspecified atom stereocenters. The fourth-order valence-corrected chi connectivity index (χ4v) is 4.13. The Morgan fingerprint density at radius 3 is 2.41 bits per heavy atom. The van der Waals surface area contributed by atoms with Crippen LogP contribution in [0.15, 0.2) is 36.4 Å². The first-order valence-corrected chi connectivity index (χ1v) is 10.1. The SMILES string of the molecule is CCOC(=O)c1c(C(=S=O)c2ccc(C)cc2)n(C)c2cc3c(cc12)OCCO3. The summed E-state index contributed by atoms with van der Waals surface area (Å²) >= 11 is 0.369. The Morgan fingerprint density at radius 2 is 1.79 bits per heavy atom. The first-order chi connectivity index (χ1) is 14.0. The molecule has 4 rings (SSSR count). The zero-order valence-electron chi connectivity index (χ0n) is 16.5. The highest BCUT2D eigenvalue weighted by Gasteiger charge is 2.28. The Bertz CT molecular complexity index is 1160. The maximum Gasteiger partial charge on any atom is 0.341 e. The van der Waals surface area contributed by atoms with E-state index in [0.29, 0.717) is 57.5 Å². The Hall–Kier alpha value is -3.06. The minimum Gasteiger partial charge on any atom is -0.486 e. The second-order valence-corrected chi connectivity index (χ2v) is 7.37. The first-order valence-electron chi connectivity index (χ1n) is 9.38. The van der Waals surface area contributed by atoms with Gasteiger partial charge in [0, 0.05) is 18.5 Å². The summed E-state index contributed by atoms with van der Waals surface area (Å²) in [5.74, 6) is 0.736. The summed E-state index contributed by atoms with van der Waals surface area (Å²) in [4.78, 5) is 13.4. The molecule has 29 heavy (non-hydrogen) atoms. The number of esters is 1. The van der Waals surface area contributed by atoms with E-state index in [1.807, 2.05) is 48.9 Å². The minimum atomic E-state index is -0.469. The van der Waals surface area contributed by atoms with Gasteiger partial charge >= 0.3 is 5.97 Å². The molecular formula is C22H21NO5S. The summed E-state index contributed by atoms with van der Waals surface area (Å²) in [5, 5.41) is 0.670. The lowest BCUT2D eigenvalue weighted by Gasteiger charge is -2.18. The quantitative estimate of drug-likeness (QED) is 0.375. The summed E-state index contributed by atoms with van der Waals surface area (Å²) < 4.78 is 30.8. The molecule has 3 aromatic rings. The van der Waals surface area contributed by atoms with Gasteiger partial charge in [0.2, 0.25) is 0 Å². The molecule has 2 aromatic carbocycles. The largest absolute Gasteiger partial charge is 0.486 e. The molecule has 0 atom stereocenters. The van der Waals surface area contributed by atoms with Gasteiger partial charge < -0.3 is 18.8 Å². The van der Waals surface area contributed by atoms with Crippen molar-refractivity contribution in [2.45, 2.75) is 13.8 Å². The van der Waals surface area contributed by atoms with Crippen LogP contribution in [0.2, 0.25) is 0 Å². The summed E-state index contributed by atoms with van der Waals surface area (Å²) in [6.07, 6.45) is 0. The third-order valence-electron chi connectivity index (χ3n) is 4.96. The van der Waals surface area contributed by atoms with Crippen LogP contribution in [0.4, 0.5) is 0 Å². The number of nitrogens with zero attached hydrogens (tertiary/aromatic N) is 1. The van der Waals surface area contributed by atoms with Crippen molar-refractivity contribution in [1.82, 2.24) is 4.57 Å². The molecule has 1 aliphatic rings. The number of hydrogen-bond donors (Lipinski definition) is 0. The van der Waals surface area contributed by atoms with Crippen molar-refractivity contribution < 1.29 is 23.2 Å². The van der Waals surface area contributed by atoms with Crippen molar-refractivity contribution in [3.05, 3.63) is 58.8 Å². The molecule has 0 fully saturated rings. The predicted octanol–water partition coefficient (Wildman–Crippen LogP) is 3.22. The second-order valence-electron chi connectivity index (χ2n) is 6.79. The van der Waals surface area contributed by atoms with Gasteiger partial charge in [-0.25, -0.2) is 9.00 Å². The zero-order valence-corrected chi connectivity index (χ0v) is 17.3. The molecule has 0 aliphatic carbocycles. The van der Waals surface area contributed by atoms with Gasteiger partial charge in [0.25, 0.3) is 0 Å². The predicted molar refractivity (Wildman–Crippen MR) is 112 cm³/mol. The number of fused-ring (bicyclic) bond motifs is 2. The fourth-order valence-electron chi connectivity index (χ4n) is 3.58. The Kier molecular flexibility index (Phi) is 5.15. The van der Waals surface area contributed by atoms with Crippen LogP contribution in [-0.2, 0) is 23.0 Å². The molecular weight excluding hydrogens is 390 g/mol. The molecule has 0 spiro atoms. The summed E-state index contributed by atoms with van der Waals surface area (Å²) in [5.41, 5.74) is 3.51. The van der Waals surface area contributed by atoms with E-state index in [-0.39, 0.29) is 6.61 Å². The summed E-state index contributed by atoms with van der Waals surface area (Å²) in [6.45, 7) is 4.90. The van der Waals surface area contributed by atoms with Crippen LogP contribution in [0.5, 0.6) is 11.5 Å². The average Bonchev–Trinajstić information content (AvgIpc) is 3.00. The average molecular weight is 411 g/mol. The van der Waals surface area contributed by atoms with Crippen molar-refractivity contribution in [1.29, 1.82) is 0 Å². The van der Waals surface area contributed by atoms with Gasteiger partial charge in [0.15, 0.2) is 11.5 Å². The van der Waals surface area contributed by atoms with Gasteiger partial charge in [-0.2, -0.15) is 0 Å². The Labute approximate surface area is 172 Å². The molecule has 0 N–H and O–H groups in total. The monoisotopic (exact) mass is 411 g/mol. The highest BCUT2D eigenvalue weighted by atomic mass is 32.1. The van der Waals surface area contributed by atoms with Crippen LogP contribution in [0.1, 0.15) is 34.1 Å². The number of rotatable bonds is 4. The molecule has 6 nitrogen and oxygen atoms in total. The molecule has 0 radical (unpaired) electrons. The normalized spacial score (nSPS) is 12.7. The third-order valence-corrected chi connectivity index (χ3v) is 5.55. The van der Waals surface area contributed by atoms with Gasteiger partial charge in [-0.15, -0.1) is 0 Å². The molecule has 2 heterocycles. The standard InChI is InChI=1S/C22H21NO5S/c1-4-26-22(24)19-15-11-17-18(28-10-9-27-17)12-16(15)23(3)20(19)21(29-25)14-7-5-13(2)6-8-14/h5-8,11-12H,4,9-10H2,1-3H3. The number of ether oxygens (including phenoxy) is 3. The molecule has 0 bridgehead atoms.